The molecule has 0 aromatic heterocycles. The first-order valence-corrected chi connectivity index (χ1v) is 14.0. The van der Waals surface area contributed by atoms with Gasteiger partial charge in [-0.15, -0.1) is 0 Å². The van der Waals surface area contributed by atoms with Gasteiger partial charge in [-0.1, -0.05) is 64.1 Å². The van der Waals surface area contributed by atoms with E-state index in [-0.39, 0.29) is 0 Å². The minimum atomic E-state index is 0.987. The highest BCUT2D eigenvalue weighted by Gasteiger charge is 2.25. The Morgan fingerprint density at radius 1 is 0.568 bits per heavy atom. The molecule has 1 aliphatic rings. The number of fused-ring (bicyclic) bond motifs is 3. The van der Waals surface area contributed by atoms with E-state index in [0.717, 1.165) is 32.1 Å². The van der Waals surface area contributed by atoms with Crippen LogP contribution in [0.4, 0.5) is 11.4 Å². The smallest absolute Gasteiger partial charge is 0.0402 e. The molecule has 0 atom stereocenters. The molecular weight excluding hydrogens is 448 g/mol. The third-order valence-electron chi connectivity index (χ3n) is 8.21. The third kappa shape index (κ3) is 4.23. The first-order valence-electron chi connectivity index (χ1n) is 14.0. The van der Waals surface area contributed by atoms with E-state index in [9.17, 15) is 0 Å². The Bertz CT molecular complexity index is 1410. The third-order valence-corrected chi connectivity index (χ3v) is 8.21. The van der Waals surface area contributed by atoms with Crippen LogP contribution in [0.1, 0.15) is 61.1 Å². The zero-order valence-electron chi connectivity index (χ0n) is 23.3. The minimum absolute atomic E-state index is 0.987. The van der Waals surface area contributed by atoms with Gasteiger partial charge in [-0.05, 0) is 123 Å². The van der Waals surface area contributed by atoms with Crippen molar-refractivity contribution >= 4 is 11.4 Å². The number of aryl methyl sites for hydroxylation is 4. The largest absolute Gasteiger partial charge is 0.388 e. The molecule has 0 saturated carbocycles. The van der Waals surface area contributed by atoms with Gasteiger partial charge in [0.1, 0.15) is 0 Å². The van der Waals surface area contributed by atoms with Crippen molar-refractivity contribution in [3.63, 3.8) is 0 Å². The Morgan fingerprint density at radius 3 is 1.57 bits per heavy atom. The summed E-state index contributed by atoms with van der Waals surface area (Å²) in [4.78, 5) is 0. The minimum Gasteiger partial charge on any atom is -0.388 e. The molecule has 0 unspecified atom stereocenters. The fourth-order valence-corrected chi connectivity index (χ4v) is 6.37. The molecule has 4 aromatic rings. The fourth-order valence-electron chi connectivity index (χ4n) is 6.37. The second-order valence-corrected chi connectivity index (χ2v) is 10.1. The van der Waals surface area contributed by atoms with Crippen molar-refractivity contribution in [1.29, 1.82) is 0 Å². The molecule has 4 aromatic carbocycles. The summed E-state index contributed by atoms with van der Waals surface area (Å²) in [6, 6.07) is 23.4. The summed E-state index contributed by atoms with van der Waals surface area (Å²) in [5.41, 5.74) is 19.3. The second-order valence-electron chi connectivity index (χ2n) is 10.1. The van der Waals surface area contributed by atoms with Crippen LogP contribution in [-0.4, -0.2) is 14.1 Å². The van der Waals surface area contributed by atoms with Gasteiger partial charge in [-0.25, -0.2) is 0 Å². The van der Waals surface area contributed by atoms with Gasteiger partial charge in [0, 0.05) is 25.5 Å². The molecule has 0 bridgehead atoms. The lowest BCUT2D eigenvalue weighted by Gasteiger charge is -2.22. The molecule has 5 rings (SSSR count). The van der Waals surface area contributed by atoms with Gasteiger partial charge < -0.3 is 10.6 Å². The highest BCUT2D eigenvalue weighted by atomic mass is 14.8. The van der Waals surface area contributed by atoms with Gasteiger partial charge in [0.25, 0.3) is 0 Å². The second kappa shape index (κ2) is 10.5. The average molecular weight is 489 g/mol. The maximum Gasteiger partial charge on any atom is 0.0402 e. The van der Waals surface area contributed by atoms with E-state index < -0.39 is 0 Å². The molecule has 0 aliphatic heterocycles. The molecule has 190 valence electrons. The Kier molecular flexibility index (Phi) is 7.11. The summed E-state index contributed by atoms with van der Waals surface area (Å²) in [6.45, 7) is 9.06. The maximum atomic E-state index is 3.49. The highest BCUT2D eigenvalue weighted by Crippen LogP contribution is 2.47. The van der Waals surface area contributed by atoms with Gasteiger partial charge in [-0.3, -0.25) is 0 Å². The summed E-state index contributed by atoms with van der Waals surface area (Å²) in [5.74, 6) is 0. The van der Waals surface area contributed by atoms with Gasteiger partial charge in [0.05, 0.1) is 0 Å². The number of rotatable bonds is 8. The van der Waals surface area contributed by atoms with Gasteiger partial charge in [-0.2, -0.15) is 0 Å². The normalized spacial score (nSPS) is 11.8. The standard InChI is InChI=1S/C35H40N2/c1-7-22-17-27(18-23(8-2)34(22)36-5)30-15-16-31-29-14-12-11-13-26(29)21-32(31)33(30)28-19-24(9-3)35(37-6)25(10-4)20-28/h11-20,36-37H,7-10,21H2,1-6H3. The maximum absolute atomic E-state index is 3.49. The molecule has 0 radical (unpaired) electrons. The van der Waals surface area contributed by atoms with Crippen LogP contribution < -0.4 is 10.6 Å². The lowest BCUT2D eigenvalue weighted by molar-refractivity contribution is 1.08. The van der Waals surface area contributed by atoms with E-state index in [2.05, 4.69) is 106 Å². The van der Waals surface area contributed by atoms with Crippen molar-refractivity contribution in [2.45, 2.75) is 59.8 Å². The topological polar surface area (TPSA) is 24.1 Å². The fraction of sp³-hybridized carbons (Fsp3) is 0.314. The van der Waals surface area contributed by atoms with Crippen LogP contribution in [0.15, 0.2) is 60.7 Å². The number of nitrogens with one attached hydrogen (secondary N) is 2. The number of hydrogen-bond donors (Lipinski definition) is 2. The van der Waals surface area contributed by atoms with E-state index >= 15 is 0 Å². The van der Waals surface area contributed by atoms with E-state index in [1.54, 1.807) is 0 Å². The lowest BCUT2D eigenvalue weighted by atomic mass is 9.84. The van der Waals surface area contributed by atoms with Crippen molar-refractivity contribution in [3.05, 3.63) is 94.0 Å². The van der Waals surface area contributed by atoms with E-state index in [0.29, 0.717) is 0 Å². The summed E-state index contributed by atoms with van der Waals surface area (Å²) < 4.78 is 0. The lowest BCUT2D eigenvalue weighted by Crippen LogP contribution is -2.03. The number of anilines is 2. The Morgan fingerprint density at radius 2 is 1.05 bits per heavy atom. The average Bonchev–Trinajstić information content (AvgIpc) is 3.33. The molecule has 0 amide bonds. The Balaban J connectivity index is 1.84. The van der Waals surface area contributed by atoms with Crippen LogP contribution in [0.2, 0.25) is 0 Å². The quantitative estimate of drug-likeness (QED) is 0.228. The van der Waals surface area contributed by atoms with E-state index in [4.69, 9.17) is 0 Å². The van der Waals surface area contributed by atoms with Crippen LogP contribution in [-0.2, 0) is 32.1 Å². The first-order chi connectivity index (χ1) is 18.1. The molecular formula is C35H40N2. The number of hydrogen-bond acceptors (Lipinski definition) is 2. The molecule has 2 N–H and O–H groups in total. The van der Waals surface area contributed by atoms with Crippen LogP contribution in [0.25, 0.3) is 33.4 Å². The molecule has 0 fully saturated rings. The van der Waals surface area contributed by atoms with E-state index in [1.807, 2.05) is 7.05 Å². The molecule has 2 heteroatoms. The van der Waals surface area contributed by atoms with Crippen molar-refractivity contribution in [3.8, 4) is 33.4 Å². The summed E-state index contributed by atoms with van der Waals surface area (Å²) in [5, 5.41) is 6.97. The van der Waals surface area contributed by atoms with Crippen LogP contribution in [0.5, 0.6) is 0 Å². The molecule has 0 heterocycles. The predicted octanol–water partition coefficient (Wildman–Crippen LogP) is 8.92. The molecule has 0 saturated heterocycles. The van der Waals surface area contributed by atoms with Crippen LogP contribution in [0, 0.1) is 0 Å². The van der Waals surface area contributed by atoms with Crippen molar-refractivity contribution in [1.82, 2.24) is 0 Å². The monoisotopic (exact) mass is 488 g/mol. The van der Waals surface area contributed by atoms with E-state index in [1.165, 1.54) is 78.1 Å². The number of benzene rings is 4. The Hall–Kier alpha value is -3.52. The van der Waals surface area contributed by atoms with Gasteiger partial charge in [0.2, 0.25) is 0 Å². The molecule has 2 nitrogen and oxygen atoms in total. The summed E-state index contributed by atoms with van der Waals surface area (Å²) >= 11 is 0. The van der Waals surface area contributed by atoms with Crippen LogP contribution in [0.3, 0.4) is 0 Å². The zero-order valence-corrected chi connectivity index (χ0v) is 23.3. The van der Waals surface area contributed by atoms with Crippen LogP contribution >= 0.6 is 0 Å². The highest BCUT2D eigenvalue weighted by molar-refractivity contribution is 5.95. The summed E-state index contributed by atoms with van der Waals surface area (Å²) in [6.07, 6.45) is 5.04. The SMILES string of the molecule is CCc1cc(-c2ccc3c(c2-c2cc(CC)c(NC)c(CC)c2)Cc2ccccc2-3)cc(CC)c1NC. The Labute approximate surface area is 223 Å². The van der Waals surface area contributed by atoms with Gasteiger partial charge in [0.15, 0.2) is 0 Å². The molecule has 0 spiro atoms. The van der Waals surface area contributed by atoms with Crippen molar-refractivity contribution in [2.24, 2.45) is 0 Å². The van der Waals surface area contributed by atoms with Gasteiger partial charge >= 0.3 is 0 Å². The molecule has 1 aliphatic carbocycles. The van der Waals surface area contributed by atoms with Crippen molar-refractivity contribution in [2.75, 3.05) is 24.7 Å². The zero-order chi connectivity index (χ0) is 26.1. The van der Waals surface area contributed by atoms with Crippen molar-refractivity contribution < 1.29 is 0 Å². The first kappa shape index (κ1) is 25.1. The summed E-state index contributed by atoms with van der Waals surface area (Å²) in [7, 11) is 4.10. The molecule has 37 heavy (non-hydrogen) atoms. The predicted molar refractivity (Wildman–Crippen MR) is 162 cm³/mol.